The molecule has 20 heavy (non-hydrogen) atoms. The van der Waals surface area contributed by atoms with Crippen molar-refractivity contribution in [1.82, 2.24) is 5.32 Å². The van der Waals surface area contributed by atoms with Gasteiger partial charge in [-0.2, -0.15) is 0 Å². The van der Waals surface area contributed by atoms with Gasteiger partial charge in [-0.25, -0.2) is 0 Å². The third-order valence-corrected chi connectivity index (χ3v) is 4.43. The van der Waals surface area contributed by atoms with Crippen molar-refractivity contribution in [3.05, 3.63) is 22.4 Å². The first-order valence-electron chi connectivity index (χ1n) is 6.65. The third kappa shape index (κ3) is 3.90. The topological polar surface area (TPSA) is 83.5 Å². The molecule has 2 atom stereocenters. The van der Waals surface area contributed by atoms with E-state index in [4.69, 9.17) is 5.11 Å². The van der Waals surface area contributed by atoms with Gasteiger partial charge in [0.25, 0.3) is 0 Å². The molecule has 0 aromatic carbocycles. The van der Waals surface area contributed by atoms with Crippen molar-refractivity contribution in [3.63, 3.8) is 0 Å². The van der Waals surface area contributed by atoms with Crippen LogP contribution in [0.4, 0.5) is 0 Å². The highest BCUT2D eigenvalue weighted by Gasteiger charge is 2.30. The number of carbonyl (C=O) groups is 3. The molecule has 1 heterocycles. The fraction of sp³-hybridized carbons (Fsp3) is 0.500. The molecule has 5 nitrogen and oxygen atoms in total. The highest BCUT2D eigenvalue weighted by atomic mass is 32.1. The van der Waals surface area contributed by atoms with Crippen LogP contribution in [-0.2, 0) is 9.59 Å². The number of aliphatic carboxylic acids is 1. The summed E-state index contributed by atoms with van der Waals surface area (Å²) in [5.74, 6) is -1.35. The zero-order valence-electron chi connectivity index (χ0n) is 11.0. The van der Waals surface area contributed by atoms with Crippen molar-refractivity contribution in [2.45, 2.75) is 38.1 Å². The Labute approximate surface area is 121 Å². The summed E-state index contributed by atoms with van der Waals surface area (Å²) >= 11 is 1.37. The first-order chi connectivity index (χ1) is 9.56. The minimum atomic E-state index is -0.797. The second-order valence-corrected chi connectivity index (χ2v) is 5.96. The third-order valence-electron chi connectivity index (χ3n) is 3.52. The number of carboxylic acid groups (broad SMARTS) is 1. The van der Waals surface area contributed by atoms with Crippen molar-refractivity contribution < 1.29 is 19.5 Å². The van der Waals surface area contributed by atoms with E-state index in [2.05, 4.69) is 5.32 Å². The lowest BCUT2D eigenvalue weighted by molar-refractivity contribution is -0.141. The number of carbonyl (C=O) groups excluding carboxylic acids is 2. The van der Waals surface area contributed by atoms with Gasteiger partial charge >= 0.3 is 5.97 Å². The molecule has 1 aromatic rings. The molecule has 1 aliphatic rings. The number of Topliss-reactive ketones (excluding diaryl/α,β-unsaturated/α-hetero) is 1. The first kappa shape index (κ1) is 14.7. The highest BCUT2D eigenvalue weighted by molar-refractivity contribution is 7.12. The van der Waals surface area contributed by atoms with E-state index in [9.17, 15) is 14.4 Å². The smallest absolute Gasteiger partial charge is 0.306 e. The molecular weight excluding hydrogens is 278 g/mol. The predicted molar refractivity (Wildman–Crippen MR) is 74.8 cm³/mol. The standard InChI is InChI=1S/C14H17NO4S/c16-11(12-2-1-7-20-12)5-6-13(17)15-10-4-3-9(8-10)14(18)19/h1-2,7,9-10H,3-6,8H2,(H,15,17)(H,18,19)/t9-,10+/m1/s1. The summed E-state index contributed by atoms with van der Waals surface area (Å²) in [6.45, 7) is 0. The quantitative estimate of drug-likeness (QED) is 0.787. The molecule has 0 saturated heterocycles. The number of carboxylic acids is 1. The maximum Gasteiger partial charge on any atom is 0.306 e. The fourth-order valence-electron chi connectivity index (χ4n) is 2.42. The average molecular weight is 295 g/mol. The van der Waals surface area contributed by atoms with Gasteiger partial charge in [0.05, 0.1) is 10.8 Å². The Hall–Kier alpha value is -1.69. The zero-order valence-corrected chi connectivity index (χ0v) is 11.8. The molecule has 2 N–H and O–H groups in total. The largest absolute Gasteiger partial charge is 0.481 e. The lowest BCUT2D eigenvalue weighted by Gasteiger charge is -2.12. The van der Waals surface area contributed by atoms with E-state index in [-0.39, 0.29) is 36.5 Å². The van der Waals surface area contributed by atoms with Crippen LogP contribution < -0.4 is 5.32 Å². The summed E-state index contributed by atoms with van der Waals surface area (Å²) in [5, 5.41) is 13.5. The number of nitrogens with one attached hydrogen (secondary N) is 1. The molecule has 1 fully saturated rings. The van der Waals surface area contributed by atoms with Crippen LogP contribution in [0.15, 0.2) is 17.5 Å². The summed E-state index contributed by atoms with van der Waals surface area (Å²) in [4.78, 5) is 35.0. The molecule has 0 aliphatic heterocycles. The van der Waals surface area contributed by atoms with Crippen LogP contribution in [0.25, 0.3) is 0 Å². The Kier molecular flexibility index (Phi) is 4.89. The van der Waals surface area contributed by atoms with E-state index in [1.165, 1.54) is 11.3 Å². The van der Waals surface area contributed by atoms with E-state index < -0.39 is 5.97 Å². The minimum absolute atomic E-state index is 0.0232. The van der Waals surface area contributed by atoms with Crippen molar-refractivity contribution in [2.75, 3.05) is 0 Å². The number of thiophene rings is 1. The van der Waals surface area contributed by atoms with Gasteiger partial charge in [-0.3, -0.25) is 14.4 Å². The molecule has 6 heteroatoms. The SMILES string of the molecule is O=C(CCC(=O)c1cccs1)N[C@H]1CC[C@@H](C(=O)O)C1. The van der Waals surface area contributed by atoms with Crippen LogP contribution >= 0.6 is 11.3 Å². The van der Waals surface area contributed by atoms with Gasteiger partial charge in [0, 0.05) is 18.9 Å². The average Bonchev–Trinajstić information content (AvgIpc) is 3.06. The Bertz CT molecular complexity index is 497. The zero-order chi connectivity index (χ0) is 14.5. The second-order valence-electron chi connectivity index (χ2n) is 5.01. The molecular formula is C14H17NO4S. The second kappa shape index (κ2) is 6.65. The number of ketones is 1. The van der Waals surface area contributed by atoms with E-state index >= 15 is 0 Å². The van der Waals surface area contributed by atoms with Crippen LogP contribution in [0, 0.1) is 5.92 Å². The van der Waals surface area contributed by atoms with Gasteiger partial charge in [0.1, 0.15) is 0 Å². The monoisotopic (exact) mass is 295 g/mol. The van der Waals surface area contributed by atoms with Crippen molar-refractivity contribution in [2.24, 2.45) is 5.92 Å². The Balaban J connectivity index is 1.71. The predicted octanol–water partition coefficient (Wildman–Crippen LogP) is 2.08. The number of rotatable bonds is 6. The summed E-state index contributed by atoms with van der Waals surface area (Å²) in [6, 6.07) is 3.49. The van der Waals surface area contributed by atoms with Crippen LogP contribution in [-0.4, -0.2) is 28.8 Å². The summed E-state index contributed by atoms with van der Waals surface area (Å²) < 4.78 is 0. The van der Waals surface area contributed by atoms with Gasteiger partial charge in [-0.15, -0.1) is 11.3 Å². The van der Waals surface area contributed by atoms with Gasteiger partial charge in [-0.05, 0) is 30.7 Å². The Morgan fingerprint density at radius 2 is 2.10 bits per heavy atom. The van der Waals surface area contributed by atoms with Crippen molar-refractivity contribution in [1.29, 1.82) is 0 Å². The van der Waals surface area contributed by atoms with E-state index in [0.717, 1.165) is 0 Å². The van der Waals surface area contributed by atoms with E-state index in [1.807, 2.05) is 11.4 Å². The van der Waals surface area contributed by atoms with Gasteiger partial charge in [0.2, 0.25) is 5.91 Å². The van der Waals surface area contributed by atoms with Crippen LogP contribution in [0.1, 0.15) is 41.8 Å². The molecule has 0 unspecified atom stereocenters. The van der Waals surface area contributed by atoms with Gasteiger partial charge < -0.3 is 10.4 Å². The summed E-state index contributed by atoms with van der Waals surface area (Å²) in [6.07, 6.45) is 2.14. The maximum atomic E-state index is 11.7. The Morgan fingerprint density at radius 1 is 1.30 bits per heavy atom. The van der Waals surface area contributed by atoms with Crippen molar-refractivity contribution >= 4 is 29.0 Å². The van der Waals surface area contributed by atoms with Gasteiger partial charge in [0.15, 0.2) is 5.78 Å². The molecule has 1 amide bonds. The first-order valence-corrected chi connectivity index (χ1v) is 7.53. The van der Waals surface area contributed by atoms with Crippen LogP contribution in [0.2, 0.25) is 0 Å². The highest BCUT2D eigenvalue weighted by Crippen LogP contribution is 2.25. The number of hydrogen-bond donors (Lipinski definition) is 2. The van der Waals surface area contributed by atoms with E-state index in [0.29, 0.717) is 24.1 Å². The molecule has 0 radical (unpaired) electrons. The molecule has 1 aliphatic carbocycles. The molecule has 108 valence electrons. The maximum absolute atomic E-state index is 11.7. The lowest BCUT2D eigenvalue weighted by Crippen LogP contribution is -2.33. The van der Waals surface area contributed by atoms with E-state index in [1.54, 1.807) is 6.07 Å². The minimum Gasteiger partial charge on any atom is -0.481 e. The summed E-state index contributed by atoms with van der Waals surface area (Å²) in [7, 11) is 0. The van der Waals surface area contributed by atoms with Crippen molar-refractivity contribution in [3.8, 4) is 0 Å². The van der Waals surface area contributed by atoms with Gasteiger partial charge in [-0.1, -0.05) is 6.07 Å². The molecule has 0 bridgehead atoms. The lowest BCUT2D eigenvalue weighted by atomic mass is 10.1. The van der Waals surface area contributed by atoms with Crippen LogP contribution in [0.3, 0.4) is 0 Å². The normalized spacial score (nSPS) is 21.6. The number of amides is 1. The molecule has 0 spiro atoms. The fourth-order valence-corrected chi connectivity index (χ4v) is 3.12. The molecule has 1 aromatic heterocycles. The van der Waals surface area contributed by atoms with Crippen LogP contribution in [0.5, 0.6) is 0 Å². The number of hydrogen-bond acceptors (Lipinski definition) is 4. The summed E-state index contributed by atoms with van der Waals surface area (Å²) in [5.41, 5.74) is 0. The Morgan fingerprint density at radius 3 is 2.70 bits per heavy atom. The molecule has 1 saturated carbocycles. The molecule has 2 rings (SSSR count).